The normalized spacial score (nSPS) is 18.3. The lowest BCUT2D eigenvalue weighted by Crippen LogP contribution is -2.49. The first-order valence-corrected chi connectivity index (χ1v) is 5.92. The molecule has 0 aromatic rings. The summed E-state index contributed by atoms with van der Waals surface area (Å²) in [5.41, 5.74) is 5.50. The Labute approximate surface area is 92.8 Å². The van der Waals surface area contributed by atoms with E-state index >= 15 is 0 Å². The number of nitrogens with one attached hydrogen (secondary N) is 1. The van der Waals surface area contributed by atoms with Gasteiger partial charge in [0.15, 0.2) is 5.37 Å². The van der Waals surface area contributed by atoms with Crippen LogP contribution in [-0.2, 0) is 14.9 Å². The largest absolute Gasteiger partial charge is 0.336 e. The fourth-order valence-corrected chi connectivity index (χ4v) is 1.32. The van der Waals surface area contributed by atoms with Gasteiger partial charge in [-0.25, -0.2) is 0 Å². The molecule has 0 fully saturated rings. The van der Waals surface area contributed by atoms with E-state index < -0.39 is 40.7 Å². The van der Waals surface area contributed by atoms with Crippen LogP contribution in [0.4, 0.5) is 0 Å². The Morgan fingerprint density at radius 2 is 2.13 bits per heavy atom. The average Bonchev–Trinajstić information content (AvgIpc) is 2.13. The third-order valence-electron chi connectivity index (χ3n) is 1.90. The van der Waals surface area contributed by atoms with Gasteiger partial charge in [-0.3, -0.25) is 9.35 Å². The van der Waals surface area contributed by atoms with Crippen molar-refractivity contribution in [1.82, 2.24) is 5.32 Å². The molecule has 7 heteroatoms. The van der Waals surface area contributed by atoms with E-state index in [2.05, 4.69) is 0 Å². The fraction of sp³-hybridized carbons (Fsp3) is 0.875. The number of hydrogen-bond donors (Lipinski definition) is 3. The summed E-state index contributed by atoms with van der Waals surface area (Å²) < 4.78 is 44.6. The van der Waals surface area contributed by atoms with Gasteiger partial charge in [0.1, 0.15) is 0 Å². The maximum atomic E-state index is 11.5. The molecule has 15 heavy (non-hydrogen) atoms. The van der Waals surface area contributed by atoms with Crippen LogP contribution >= 0.6 is 0 Å². The topological polar surface area (TPSA) is 109 Å². The van der Waals surface area contributed by atoms with E-state index in [1.165, 1.54) is 0 Å². The zero-order valence-corrected chi connectivity index (χ0v) is 9.49. The number of carbonyl (C=O) groups is 1. The Morgan fingerprint density at radius 1 is 1.60 bits per heavy atom. The van der Waals surface area contributed by atoms with Gasteiger partial charge in [0.05, 0.1) is 6.04 Å². The molecule has 90 valence electrons. The van der Waals surface area contributed by atoms with Crippen LogP contribution in [0, 0.1) is 5.92 Å². The average molecular weight is 240 g/mol. The first-order valence-electron chi connectivity index (χ1n) is 5.58. The van der Waals surface area contributed by atoms with E-state index in [4.69, 9.17) is 13.0 Å². The molecule has 0 aromatic heterocycles. The second-order valence-electron chi connectivity index (χ2n) is 3.52. The van der Waals surface area contributed by atoms with Gasteiger partial charge in [-0.1, -0.05) is 20.7 Å². The SMILES string of the molecule is [2H]C([2H])CC(NC(=O)[C@@H](N)C(C)C)S(=O)(=O)O. The molecule has 0 spiro atoms. The standard InChI is InChI=1S/C8H18N2O4S/c1-4-6(15(12,13)14)10-8(11)7(9)5(2)3/h5-7H,4,9H2,1-3H3,(H,10,11)(H,12,13,14)/t6?,7-/m0/s1/i1D2. The molecule has 1 unspecified atom stereocenters. The van der Waals surface area contributed by atoms with Crippen LogP contribution in [0.2, 0.25) is 0 Å². The molecule has 0 heterocycles. The summed E-state index contributed by atoms with van der Waals surface area (Å²) in [4.78, 5) is 11.5. The van der Waals surface area contributed by atoms with Gasteiger partial charge < -0.3 is 11.1 Å². The highest BCUT2D eigenvalue weighted by Crippen LogP contribution is 2.03. The lowest BCUT2D eigenvalue weighted by atomic mass is 10.1. The van der Waals surface area contributed by atoms with Gasteiger partial charge in [-0.05, 0) is 12.3 Å². The summed E-state index contributed by atoms with van der Waals surface area (Å²) in [5, 5.41) is 0.361. The minimum Gasteiger partial charge on any atom is -0.336 e. The number of nitrogens with two attached hydrogens (primary N) is 1. The Balaban J connectivity index is 4.72. The summed E-state index contributed by atoms with van der Waals surface area (Å²) >= 11 is 0. The molecule has 1 amide bonds. The summed E-state index contributed by atoms with van der Waals surface area (Å²) in [6.07, 6.45) is -0.518. The smallest absolute Gasteiger partial charge is 0.286 e. The summed E-state index contributed by atoms with van der Waals surface area (Å²) in [6.45, 7) is 1.90. The van der Waals surface area contributed by atoms with Crippen LogP contribution in [-0.4, -0.2) is 30.3 Å². The maximum absolute atomic E-state index is 11.5. The van der Waals surface area contributed by atoms with Crippen molar-refractivity contribution in [2.45, 2.75) is 38.6 Å². The second-order valence-corrected chi connectivity index (χ2v) is 5.12. The van der Waals surface area contributed by atoms with Crippen LogP contribution in [0.1, 0.15) is 29.9 Å². The molecule has 2 atom stereocenters. The van der Waals surface area contributed by atoms with E-state index in [0.29, 0.717) is 0 Å². The van der Waals surface area contributed by atoms with Crippen LogP contribution in [0.5, 0.6) is 0 Å². The van der Waals surface area contributed by atoms with Crippen LogP contribution < -0.4 is 11.1 Å². The summed E-state index contributed by atoms with van der Waals surface area (Å²) in [6, 6.07) is -0.908. The first kappa shape index (κ1) is 10.8. The van der Waals surface area contributed by atoms with Crippen molar-refractivity contribution in [3.05, 3.63) is 0 Å². The number of rotatable bonds is 5. The van der Waals surface area contributed by atoms with Gasteiger partial charge in [0.2, 0.25) is 5.91 Å². The number of carbonyl (C=O) groups excluding carboxylic acids is 1. The molecule has 0 rings (SSSR count). The molecule has 4 N–H and O–H groups in total. The number of hydrogen-bond acceptors (Lipinski definition) is 4. The molecule has 0 saturated heterocycles. The molecule has 0 bridgehead atoms. The lowest BCUT2D eigenvalue weighted by molar-refractivity contribution is -0.123. The molecule has 0 aliphatic rings. The Kier molecular flexibility index (Phi) is 3.93. The van der Waals surface area contributed by atoms with E-state index in [9.17, 15) is 13.2 Å². The second kappa shape index (κ2) is 5.43. The van der Waals surface area contributed by atoms with E-state index in [0.717, 1.165) is 0 Å². The third kappa shape index (κ3) is 4.59. The molecule has 0 aliphatic carbocycles. The number of amides is 1. The van der Waals surface area contributed by atoms with Crippen molar-refractivity contribution in [3.63, 3.8) is 0 Å². The molecule has 0 aromatic carbocycles. The Hall–Kier alpha value is -0.660. The fourth-order valence-electron chi connectivity index (χ4n) is 0.813. The molecule has 0 radical (unpaired) electrons. The van der Waals surface area contributed by atoms with Crippen molar-refractivity contribution in [2.24, 2.45) is 11.7 Å². The summed E-state index contributed by atoms with van der Waals surface area (Å²) in [5.74, 6) is -0.928. The van der Waals surface area contributed by atoms with Crippen molar-refractivity contribution >= 4 is 16.0 Å². The van der Waals surface area contributed by atoms with Gasteiger partial charge in [0, 0.05) is 2.74 Å². The quantitative estimate of drug-likeness (QED) is 0.572. The lowest BCUT2D eigenvalue weighted by Gasteiger charge is -2.19. The van der Waals surface area contributed by atoms with Crippen molar-refractivity contribution < 1.29 is 20.5 Å². The Bertz CT molecular complexity index is 359. The predicted molar refractivity (Wildman–Crippen MR) is 56.6 cm³/mol. The molecular weight excluding hydrogens is 220 g/mol. The highest BCUT2D eigenvalue weighted by atomic mass is 32.2. The maximum Gasteiger partial charge on any atom is 0.286 e. The van der Waals surface area contributed by atoms with Crippen LogP contribution in [0.3, 0.4) is 0 Å². The van der Waals surface area contributed by atoms with Gasteiger partial charge in [0.25, 0.3) is 10.1 Å². The molecule has 6 nitrogen and oxygen atoms in total. The summed E-state index contributed by atoms with van der Waals surface area (Å²) in [7, 11) is -4.54. The molecule has 0 saturated carbocycles. The highest BCUT2D eigenvalue weighted by Gasteiger charge is 2.26. The molecular formula is C8H18N2O4S. The van der Waals surface area contributed by atoms with E-state index in [-0.39, 0.29) is 5.92 Å². The van der Waals surface area contributed by atoms with E-state index in [1.807, 2.05) is 5.32 Å². The highest BCUT2D eigenvalue weighted by molar-refractivity contribution is 7.86. The van der Waals surface area contributed by atoms with Crippen LogP contribution in [0.25, 0.3) is 0 Å². The van der Waals surface area contributed by atoms with Gasteiger partial charge in [-0.2, -0.15) is 8.42 Å². The van der Waals surface area contributed by atoms with Crippen molar-refractivity contribution in [2.75, 3.05) is 0 Å². The third-order valence-corrected chi connectivity index (χ3v) is 2.93. The molecule has 0 aliphatic heterocycles. The minimum absolute atomic E-state index is 0.195. The van der Waals surface area contributed by atoms with Crippen LogP contribution in [0.15, 0.2) is 0 Å². The zero-order valence-electron chi connectivity index (χ0n) is 10.7. The van der Waals surface area contributed by atoms with Gasteiger partial charge >= 0.3 is 0 Å². The zero-order chi connectivity index (χ0) is 13.8. The first-order chi connectivity index (χ1) is 7.55. The monoisotopic (exact) mass is 240 g/mol. The van der Waals surface area contributed by atoms with E-state index in [1.54, 1.807) is 13.8 Å². The van der Waals surface area contributed by atoms with Crippen molar-refractivity contribution in [1.29, 1.82) is 0 Å². The van der Waals surface area contributed by atoms with Crippen molar-refractivity contribution in [3.8, 4) is 0 Å². The Morgan fingerprint density at radius 3 is 2.47 bits per heavy atom. The predicted octanol–water partition coefficient (Wildman–Crippen LogP) is -0.290. The minimum atomic E-state index is -4.54. The van der Waals surface area contributed by atoms with Gasteiger partial charge in [-0.15, -0.1) is 0 Å².